The molecule has 0 aliphatic rings. The molecular weight excluding hydrogens is 290 g/mol. The molecule has 0 bridgehead atoms. The second-order valence-electron chi connectivity index (χ2n) is 5.56. The lowest BCUT2D eigenvalue weighted by molar-refractivity contribution is 1.55. The van der Waals surface area contributed by atoms with Crippen LogP contribution in [-0.4, -0.2) is 12.4 Å². The number of hydrogen-bond acceptors (Lipinski definition) is 0. The Labute approximate surface area is 143 Å². The Morgan fingerprint density at radius 3 is 2.04 bits per heavy atom. The molecule has 0 atom stereocenters. The summed E-state index contributed by atoms with van der Waals surface area (Å²) < 4.78 is 4.35. The molecule has 3 aromatic carbocycles. The van der Waals surface area contributed by atoms with Gasteiger partial charge >= 0.3 is 0 Å². The maximum Gasteiger partial charge on any atom is 0.290 e. The molecule has 0 fully saturated rings. The maximum absolute atomic E-state index is 4.35. The molecule has 0 N–H and O–H groups in total. The highest BCUT2D eigenvalue weighted by Gasteiger charge is 2.00. The Morgan fingerprint density at radius 2 is 1.33 bits per heavy atom. The van der Waals surface area contributed by atoms with Crippen LogP contribution in [0.25, 0.3) is 11.6 Å². The number of benzene rings is 3. The third kappa shape index (κ3) is 4.19. The van der Waals surface area contributed by atoms with E-state index in [9.17, 15) is 0 Å². The van der Waals surface area contributed by atoms with E-state index in [0.717, 1.165) is 16.7 Å². The topological polar surface area (TPSA) is 14.1 Å². The number of rotatable bonds is 4. The van der Waals surface area contributed by atoms with Gasteiger partial charge in [0.25, 0.3) is 6.21 Å². The fourth-order valence-electron chi connectivity index (χ4n) is 2.47. The van der Waals surface area contributed by atoms with Crippen molar-refractivity contribution in [3.8, 4) is 0 Å². The summed E-state index contributed by atoms with van der Waals surface area (Å²) in [6, 6.07) is 28.6. The van der Waals surface area contributed by atoms with E-state index in [0.29, 0.717) is 0 Å². The first-order valence-electron chi connectivity index (χ1n) is 8.00. The fraction of sp³-hybridized carbons (Fsp3) is 0.0435. The third-order valence-corrected chi connectivity index (χ3v) is 3.77. The van der Waals surface area contributed by atoms with Gasteiger partial charge in [0.05, 0.1) is 0 Å². The van der Waals surface area contributed by atoms with Crippen molar-refractivity contribution in [3.63, 3.8) is 0 Å². The molecule has 0 saturated heterocycles. The second-order valence-corrected chi connectivity index (χ2v) is 5.56. The van der Waals surface area contributed by atoms with Gasteiger partial charge in [0.2, 0.25) is 6.21 Å². The lowest BCUT2D eigenvalue weighted by Crippen LogP contribution is -1.92. The summed E-state index contributed by atoms with van der Waals surface area (Å²) >= 11 is 0. The van der Waals surface area contributed by atoms with Crippen LogP contribution in [-0.2, 0) is 0 Å². The van der Waals surface area contributed by atoms with E-state index in [1.165, 1.54) is 11.1 Å². The van der Waals surface area contributed by atoms with E-state index in [1.54, 1.807) is 0 Å². The number of nitrogens with zero attached hydrogens (tertiary/aromatic N) is 1. The lowest BCUT2D eigenvalue weighted by Gasteiger charge is -2.03. The summed E-state index contributed by atoms with van der Waals surface area (Å²) in [5, 5.41) is 0. The molecule has 0 saturated carbocycles. The molecule has 0 heterocycles. The highest BCUT2D eigenvalue weighted by atomic mass is 14.5. The Balaban J connectivity index is 1.90. The summed E-state index contributed by atoms with van der Waals surface area (Å²) in [5.74, 6) is 0. The molecular formula is C23H19N. The summed E-state index contributed by atoms with van der Waals surface area (Å²) in [5.41, 5.74) is 5.66. The SMILES string of the molecule is C/C(=C\c1ccccc1C=[N+]=[C-]c1ccccc1)c1ccccc1. The van der Waals surface area contributed by atoms with Crippen LogP contribution < -0.4 is 4.67 Å². The van der Waals surface area contributed by atoms with Crippen LogP contribution in [0.15, 0.2) is 84.9 Å². The quantitative estimate of drug-likeness (QED) is 0.286. The van der Waals surface area contributed by atoms with Crippen molar-refractivity contribution in [2.75, 3.05) is 0 Å². The van der Waals surface area contributed by atoms with Gasteiger partial charge in [-0.25, -0.2) is 0 Å². The van der Waals surface area contributed by atoms with Gasteiger partial charge < -0.3 is 0 Å². The van der Waals surface area contributed by atoms with E-state index in [1.807, 2.05) is 54.7 Å². The van der Waals surface area contributed by atoms with E-state index in [2.05, 4.69) is 60.3 Å². The van der Waals surface area contributed by atoms with E-state index < -0.39 is 0 Å². The van der Waals surface area contributed by atoms with Gasteiger partial charge in [-0.2, -0.15) is 4.67 Å². The van der Waals surface area contributed by atoms with Crippen LogP contribution >= 0.6 is 0 Å². The minimum Gasteiger partial charge on any atom is -0.187 e. The summed E-state index contributed by atoms with van der Waals surface area (Å²) in [6.45, 7) is 2.13. The average molecular weight is 309 g/mol. The van der Waals surface area contributed by atoms with Gasteiger partial charge in [-0.05, 0) is 23.6 Å². The van der Waals surface area contributed by atoms with Crippen LogP contribution in [0.1, 0.15) is 29.2 Å². The maximum atomic E-state index is 4.35. The van der Waals surface area contributed by atoms with Gasteiger partial charge in [0, 0.05) is 5.56 Å². The van der Waals surface area contributed by atoms with Crippen LogP contribution in [0.2, 0.25) is 0 Å². The molecule has 0 aliphatic carbocycles. The Bertz CT molecular complexity index is 884. The fourth-order valence-corrected chi connectivity index (χ4v) is 2.47. The molecule has 0 unspecified atom stereocenters. The zero-order chi connectivity index (χ0) is 16.6. The first-order valence-corrected chi connectivity index (χ1v) is 8.00. The van der Waals surface area contributed by atoms with Crippen LogP contribution in [0, 0.1) is 0 Å². The van der Waals surface area contributed by atoms with Gasteiger partial charge in [0.1, 0.15) is 0 Å². The standard InChI is InChI=1S/C23H19N/c1-19(21-12-6-3-7-13-21)16-22-14-8-9-15-23(22)18-24-17-20-10-4-2-5-11-20/h2-16,18H,1H3/b19-16+. The molecule has 0 amide bonds. The monoisotopic (exact) mass is 309 g/mol. The summed E-state index contributed by atoms with van der Waals surface area (Å²) in [6.07, 6.45) is 7.11. The average Bonchev–Trinajstić information content (AvgIpc) is 2.65. The molecule has 1 heteroatoms. The number of allylic oxidation sites excluding steroid dienone is 1. The van der Waals surface area contributed by atoms with Crippen molar-refractivity contribution in [3.05, 3.63) is 107 Å². The van der Waals surface area contributed by atoms with Crippen LogP contribution in [0.5, 0.6) is 0 Å². The van der Waals surface area contributed by atoms with Crippen molar-refractivity contribution in [2.24, 2.45) is 0 Å². The Hall–Kier alpha value is -3.15. The van der Waals surface area contributed by atoms with Crippen molar-refractivity contribution in [2.45, 2.75) is 6.92 Å². The Morgan fingerprint density at radius 1 is 0.750 bits per heavy atom. The van der Waals surface area contributed by atoms with E-state index in [-0.39, 0.29) is 0 Å². The highest BCUT2D eigenvalue weighted by Crippen LogP contribution is 2.18. The van der Waals surface area contributed by atoms with Crippen molar-refractivity contribution >= 4 is 24.1 Å². The molecule has 0 spiro atoms. The van der Waals surface area contributed by atoms with E-state index >= 15 is 0 Å². The summed E-state index contributed by atoms with van der Waals surface area (Å²) in [4.78, 5) is 0. The van der Waals surface area contributed by atoms with Crippen molar-refractivity contribution in [1.82, 2.24) is 4.67 Å². The zero-order valence-corrected chi connectivity index (χ0v) is 13.7. The molecule has 0 aliphatic heterocycles. The first-order chi connectivity index (χ1) is 11.8. The molecule has 0 radical (unpaired) electrons. The molecule has 116 valence electrons. The van der Waals surface area contributed by atoms with Crippen LogP contribution in [0.3, 0.4) is 0 Å². The first kappa shape index (κ1) is 15.7. The minimum absolute atomic E-state index is 0.974. The third-order valence-electron chi connectivity index (χ3n) is 3.77. The minimum atomic E-state index is 0.974. The normalized spacial score (nSPS) is 10.8. The van der Waals surface area contributed by atoms with Crippen LogP contribution in [0.4, 0.5) is 0 Å². The summed E-state index contributed by atoms with van der Waals surface area (Å²) in [7, 11) is 0. The molecule has 0 aromatic heterocycles. The zero-order valence-electron chi connectivity index (χ0n) is 13.7. The van der Waals surface area contributed by atoms with Gasteiger partial charge in [-0.1, -0.05) is 72.3 Å². The lowest BCUT2D eigenvalue weighted by atomic mass is 10.0. The predicted octanol–water partition coefficient (Wildman–Crippen LogP) is 4.73. The van der Waals surface area contributed by atoms with Gasteiger partial charge in [-0.15, -0.1) is 24.3 Å². The largest absolute Gasteiger partial charge is 0.290 e. The predicted molar refractivity (Wildman–Crippen MR) is 104 cm³/mol. The Kier molecular flexibility index (Phi) is 5.19. The van der Waals surface area contributed by atoms with Crippen molar-refractivity contribution in [1.29, 1.82) is 0 Å². The number of hydrogen-bond donors (Lipinski definition) is 0. The van der Waals surface area contributed by atoms with Crippen molar-refractivity contribution < 1.29 is 0 Å². The molecule has 1 nitrogen and oxygen atoms in total. The second kappa shape index (κ2) is 7.92. The molecule has 3 rings (SSSR count). The van der Waals surface area contributed by atoms with Gasteiger partial charge in [0.15, 0.2) is 0 Å². The smallest absolute Gasteiger partial charge is 0.187 e. The van der Waals surface area contributed by atoms with Gasteiger partial charge in [-0.3, -0.25) is 0 Å². The highest BCUT2D eigenvalue weighted by molar-refractivity contribution is 5.92. The van der Waals surface area contributed by atoms with E-state index in [4.69, 9.17) is 0 Å². The molecule has 3 aromatic rings. The molecule has 24 heavy (non-hydrogen) atoms.